The molecule has 1 rings (SSSR count). The summed E-state index contributed by atoms with van der Waals surface area (Å²) in [4.78, 5) is 16.0. The van der Waals surface area contributed by atoms with Gasteiger partial charge in [0.25, 0.3) is 5.91 Å². The zero-order valence-corrected chi connectivity index (χ0v) is 12.9. The van der Waals surface area contributed by atoms with Crippen LogP contribution in [-0.4, -0.2) is 49.4 Å². The van der Waals surface area contributed by atoms with Gasteiger partial charge in [-0.25, -0.2) is 5.84 Å². The molecule has 0 bridgehead atoms. The van der Waals surface area contributed by atoms with E-state index < -0.39 is 0 Å². The van der Waals surface area contributed by atoms with E-state index >= 15 is 0 Å². The van der Waals surface area contributed by atoms with Crippen molar-refractivity contribution in [2.75, 3.05) is 33.7 Å². The molecule has 0 aliphatic rings. The monoisotopic (exact) mass is 282 g/mol. The molecule has 0 fully saturated rings. The zero-order chi connectivity index (χ0) is 15.1. The van der Waals surface area contributed by atoms with Gasteiger partial charge in [-0.1, -0.05) is 6.92 Å². The van der Waals surface area contributed by atoms with E-state index in [-0.39, 0.29) is 5.91 Å². The van der Waals surface area contributed by atoms with Crippen LogP contribution in [0.4, 0.5) is 0 Å². The minimum absolute atomic E-state index is 0.312. The fourth-order valence-corrected chi connectivity index (χ4v) is 2.07. The van der Waals surface area contributed by atoms with Crippen molar-refractivity contribution in [2.24, 2.45) is 5.84 Å². The minimum Gasteiger partial charge on any atom is -0.464 e. The van der Waals surface area contributed by atoms with Crippen LogP contribution in [0.25, 0.3) is 0 Å². The number of carbonyl (C=O) groups excluding carboxylic acids is 1. The molecule has 6 heteroatoms. The summed E-state index contributed by atoms with van der Waals surface area (Å²) in [6.45, 7) is 7.61. The van der Waals surface area contributed by atoms with Gasteiger partial charge in [0.15, 0.2) is 0 Å². The normalized spacial score (nSPS) is 11.3. The van der Waals surface area contributed by atoms with E-state index in [2.05, 4.69) is 36.2 Å². The van der Waals surface area contributed by atoms with E-state index in [1.807, 2.05) is 0 Å². The van der Waals surface area contributed by atoms with Crippen molar-refractivity contribution < 1.29 is 9.21 Å². The van der Waals surface area contributed by atoms with Gasteiger partial charge in [0.05, 0.1) is 12.1 Å². The second-order valence-corrected chi connectivity index (χ2v) is 5.24. The Bertz CT molecular complexity index is 429. The van der Waals surface area contributed by atoms with Crippen LogP contribution in [0.15, 0.2) is 10.5 Å². The molecule has 3 N–H and O–H groups in total. The van der Waals surface area contributed by atoms with Gasteiger partial charge in [-0.2, -0.15) is 0 Å². The summed E-state index contributed by atoms with van der Waals surface area (Å²) in [6.07, 6.45) is 1.09. The van der Waals surface area contributed by atoms with Gasteiger partial charge in [-0.3, -0.25) is 15.1 Å². The average Bonchev–Trinajstić information content (AvgIpc) is 2.76. The number of hydrazine groups is 1. The standard InChI is InChI=1S/C14H26N4O2/c1-5-6-18(8-7-17(3)4)10-12-9-13(11(2)20-12)14(19)16-15/h9H,5-8,10,15H2,1-4H3,(H,16,19). The first-order chi connectivity index (χ1) is 9.47. The van der Waals surface area contributed by atoms with Crippen LogP contribution in [0, 0.1) is 6.92 Å². The lowest BCUT2D eigenvalue weighted by atomic mass is 10.2. The topological polar surface area (TPSA) is 74.7 Å². The van der Waals surface area contributed by atoms with Crippen molar-refractivity contribution >= 4 is 5.91 Å². The van der Waals surface area contributed by atoms with Crippen LogP contribution in [0.1, 0.15) is 35.2 Å². The summed E-state index contributed by atoms with van der Waals surface area (Å²) in [5.74, 6) is 6.25. The number of rotatable bonds is 8. The number of hydrogen-bond donors (Lipinski definition) is 2. The van der Waals surface area contributed by atoms with Crippen molar-refractivity contribution in [1.29, 1.82) is 0 Å². The number of amides is 1. The number of furan rings is 1. The van der Waals surface area contributed by atoms with Crippen molar-refractivity contribution in [1.82, 2.24) is 15.2 Å². The Kier molecular flexibility index (Phi) is 6.70. The fraction of sp³-hybridized carbons (Fsp3) is 0.643. The maximum absolute atomic E-state index is 11.6. The van der Waals surface area contributed by atoms with Gasteiger partial charge < -0.3 is 9.32 Å². The van der Waals surface area contributed by atoms with Gasteiger partial charge in [0, 0.05) is 13.1 Å². The molecule has 0 radical (unpaired) electrons. The lowest BCUT2D eigenvalue weighted by molar-refractivity contribution is 0.0952. The second kappa shape index (κ2) is 8.04. The van der Waals surface area contributed by atoms with Crippen molar-refractivity contribution in [3.8, 4) is 0 Å². The highest BCUT2D eigenvalue weighted by Gasteiger charge is 2.15. The summed E-state index contributed by atoms with van der Waals surface area (Å²) >= 11 is 0. The van der Waals surface area contributed by atoms with E-state index in [4.69, 9.17) is 10.3 Å². The SMILES string of the molecule is CCCN(CCN(C)C)Cc1cc(C(=O)NN)c(C)o1. The first-order valence-electron chi connectivity index (χ1n) is 6.95. The van der Waals surface area contributed by atoms with E-state index in [1.165, 1.54) is 0 Å². The highest BCUT2D eigenvalue weighted by Crippen LogP contribution is 2.16. The van der Waals surface area contributed by atoms with Crippen LogP contribution < -0.4 is 11.3 Å². The average molecular weight is 282 g/mol. The van der Waals surface area contributed by atoms with E-state index in [1.54, 1.807) is 13.0 Å². The van der Waals surface area contributed by atoms with Gasteiger partial charge >= 0.3 is 0 Å². The number of nitrogens with two attached hydrogens (primary N) is 1. The lowest BCUT2D eigenvalue weighted by Crippen LogP contribution is -2.32. The third-order valence-electron chi connectivity index (χ3n) is 3.13. The molecular formula is C14H26N4O2. The van der Waals surface area contributed by atoms with Crippen LogP contribution in [-0.2, 0) is 6.54 Å². The Balaban J connectivity index is 2.70. The van der Waals surface area contributed by atoms with E-state index in [9.17, 15) is 4.79 Å². The largest absolute Gasteiger partial charge is 0.464 e. The maximum Gasteiger partial charge on any atom is 0.268 e. The van der Waals surface area contributed by atoms with E-state index in [0.29, 0.717) is 17.9 Å². The van der Waals surface area contributed by atoms with Gasteiger partial charge in [0.1, 0.15) is 11.5 Å². The highest BCUT2D eigenvalue weighted by molar-refractivity contribution is 5.94. The number of nitrogen functional groups attached to an aromatic ring is 1. The Morgan fingerprint density at radius 3 is 2.60 bits per heavy atom. The molecule has 0 saturated carbocycles. The molecule has 1 heterocycles. The summed E-state index contributed by atoms with van der Waals surface area (Å²) in [5, 5.41) is 0. The predicted molar refractivity (Wildman–Crippen MR) is 79.2 cm³/mol. The Hall–Kier alpha value is -1.37. The first kappa shape index (κ1) is 16.7. The Morgan fingerprint density at radius 2 is 2.05 bits per heavy atom. The van der Waals surface area contributed by atoms with Crippen molar-refractivity contribution in [3.63, 3.8) is 0 Å². The summed E-state index contributed by atoms with van der Waals surface area (Å²) in [6, 6.07) is 1.77. The highest BCUT2D eigenvalue weighted by atomic mass is 16.3. The van der Waals surface area contributed by atoms with Gasteiger partial charge in [-0.15, -0.1) is 0 Å². The summed E-state index contributed by atoms with van der Waals surface area (Å²) < 4.78 is 5.65. The van der Waals surface area contributed by atoms with Crippen molar-refractivity contribution in [2.45, 2.75) is 26.8 Å². The summed E-state index contributed by atoms with van der Waals surface area (Å²) in [5.41, 5.74) is 2.64. The fourth-order valence-electron chi connectivity index (χ4n) is 2.07. The lowest BCUT2D eigenvalue weighted by Gasteiger charge is -2.22. The molecule has 0 aromatic carbocycles. The number of aryl methyl sites for hydroxylation is 1. The van der Waals surface area contributed by atoms with Gasteiger partial charge in [0.2, 0.25) is 0 Å². The molecule has 1 aromatic heterocycles. The number of likely N-dealkylation sites (N-methyl/N-ethyl adjacent to an activating group) is 1. The first-order valence-corrected chi connectivity index (χ1v) is 6.95. The number of carbonyl (C=O) groups is 1. The Labute approximate surface area is 120 Å². The molecular weight excluding hydrogens is 256 g/mol. The quantitative estimate of drug-likeness (QED) is 0.422. The molecule has 0 saturated heterocycles. The molecule has 114 valence electrons. The van der Waals surface area contributed by atoms with Crippen LogP contribution >= 0.6 is 0 Å². The minimum atomic E-state index is -0.312. The molecule has 0 aliphatic heterocycles. The number of nitrogens with zero attached hydrogens (tertiary/aromatic N) is 2. The molecule has 0 aliphatic carbocycles. The Morgan fingerprint density at radius 1 is 1.35 bits per heavy atom. The van der Waals surface area contributed by atoms with Crippen molar-refractivity contribution in [3.05, 3.63) is 23.2 Å². The van der Waals surface area contributed by atoms with Crippen LogP contribution in [0.2, 0.25) is 0 Å². The zero-order valence-electron chi connectivity index (χ0n) is 12.9. The molecule has 1 aromatic rings. The van der Waals surface area contributed by atoms with Crippen LogP contribution in [0.5, 0.6) is 0 Å². The third kappa shape index (κ3) is 4.96. The molecule has 6 nitrogen and oxygen atoms in total. The number of nitrogens with one attached hydrogen (secondary N) is 1. The molecule has 0 spiro atoms. The second-order valence-electron chi connectivity index (χ2n) is 5.24. The number of hydrogen-bond acceptors (Lipinski definition) is 5. The molecule has 1 amide bonds. The maximum atomic E-state index is 11.6. The summed E-state index contributed by atoms with van der Waals surface area (Å²) in [7, 11) is 4.12. The predicted octanol–water partition coefficient (Wildman–Crippen LogP) is 0.965. The molecule has 0 atom stereocenters. The van der Waals surface area contributed by atoms with E-state index in [0.717, 1.165) is 31.8 Å². The third-order valence-corrected chi connectivity index (χ3v) is 3.13. The molecule has 20 heavy (non-hydrogen) atoms. The van der Waals surface area contributed by atoms with Gasteiger partial charge in [-0.05, 0) is 40.1 Å². The van der Waals surface area contributed by atoms with Crippen LogP contribution in [0.3, 0.4) is 0 Å². The molecule has 0 unspecified atom stereocenters. The smallest absolute Gasteiger partial charge is 0.268 e.